The van der Waals surface area contributed by atoms with Crippen molar-refractivity contribution >= 4 is 0 Å². The third-order valence-corrected chi connectivity index (χ3v) is 0.984. The molecule has 0 spiro atoms. The quantitative estimate of drug-likeness (QED) is 0.393. The third-order valence-electron chi connectivity index (χ3n) is 0.984. The highest BCUT2D eigenvalue weighted by Gasteiger charge is 2.45. The fourth-order valence-electron chi connectivity index (χ4n) is 0.454. The molecule has 0 amide bonds. The van der Waals surface area contributed by atoms with Crippen LogP contribution in [0.5, 0.6) is 0 Å². The highest BCUT2D eigenvalue weighted by atomic mass is 16.6. The molecule has 0 aromatic carbocycles. The molecule has 0 aliphatic heterocycles. The van der Waals surface area contributed by atoms with Crippen LogP contribution in [0, 0.1) is 20.2 Å². The second-order valence-electron chi connectivity index (χ2n) is 1.58. The lowest BCUT2D eigenvalue weighted by Gasteiger charge is -1.71. The van der Waals surface area contributed by atoms with Crippen molar-refractivity contribution in [2.75, 3.05) is 0 Å². The van der Waals surface area contributed by atoms with Gasteiger partial charge in [-0.2, -0.15) is 0 Å². The van der Waals surface area contributed by atoms with E-state index in [1.165, 1.54) is 0 Å². The molecule has 0 radical (unpaired) electrons. The van der Waals surface area contributed by atoms with Gasteiger partial charge in [-0.3, -0.25) is 20.2 Å². The van der Waals surface area contributed by atoms with Gasteiger partial charge in [0.15, 0.2) is 0 Å². The normalized spacial score (nSPS) is 15.6. The first kappa shape index (κ1) is 5.67. The standard InChI is InChI=1S/C3H2N2O4/c6-4(7)2-1-3(2)5(8)9/h1H2. The molecule has 0 unspecified atom stereocenters. The first-order chi connectivity index (χ1) is 4.13. The number of rotatable bonds is 2. The fourth-order valence-corrected chi connectivity index (χ4v) is 0.454. The van der Waals surface area contributed by atoms with Crippen LogP contribution in [0.3, 0.4) is 0 Å². The van der Waals surface area contributed by atoms with Gasteiger partial charge in [-0.1, -0.05) is 0 Å². The van der Waals surface area contributed by atoms with Crippen molar-refractivity contribution in [3.63, 3.8) is 0 Å². The first-order valence-corrected chi connectivity index (χ1v) is 2.13. The number of hydrogen-bond acceptors (Lipinski definition) is 4. The minimum absolute atomic E-state index is 0.0694. The lowest BCUT2D eigenvalue weighted by molar-refractivity contribution is -0.441. The van der Waals surface area contributed by atoms with Gasteiger partial charge >= 0.3 is 11.4 Å². The van der Waals surface area contributed by atoms with E-state index in [2.05, 4.69) is 0 Å². The predicted octanol–water partition coefficient (Wildman–Crippen LogP) is 0.155. The van der Waals surface area contributed by atoms with Crippen LogP contribution < -0.4 is 0 Å². The molecule has 6 nitrogen and oxygen atoms in total. The number of nitrogens with zero attached hydrogens (tertiary/aromatic N) is 2. The van der Waals surface area contributed by atoms with Crippen molar-refractivity contribution in [3.05, 3.63) is 31.6 Å². The fraction of sp³-hybridized carbons (Fsp3) is 0.333. The highest BCUT2D eigenvalue weighted by molar-refractivity contribution is 5.20. The van der Waals surface area contributed by atoms with E-state index in [1.807, 2.05) is 0 Å². The van der Waals surface area contributed by atoms with Crippen molar-refractivity contribution in [1.82, 2.24) is 0 Å². The number of hydrogen-bond donors (Lipinski definition) is 0. The van der Waals surface area contributed by atoms with Crippen LogP contribution in [0.15, 0.2) is 11.4 Å². The molecule has 0 N–H and O–H groups in total. The summed E-state index contributed by atoms with van der Waals surface area (Å²) in [7, 11) is 0. The van der Waals surface area contributed by atoms with Gasteiger partial charge in [0.2, 0.25) is 0 Å². The Morgan fingerprint density at radius 2 is 1.44 bits per heavy atom. The topological polar surface area (TPSA) is 86.3 Å². The zero-order valence-corrected chi connectivity index (χ0v) is 4.23. The Morgan fingerprint density at radius 1 is 1.11 bits per heavy atom. The maximum Gasteiger partial charge on any atom is 0.329 e. The average Bonchev–Trinajstić information content (AvgIpc) is 2.39. The summed E-state index contributed by atoms with van der Waals surface area (Å²) in [6.07, 6.45) is -0.0694. The second kappa shape index (κ2) is 1.51. The Hall–Kier alpha value is -1.46. The van der Waals surface area contributed by atoms with Crippen LogP contribution in [0.2, 0.25) is 0 Å². The lowest BCUT2D eigenvalue weighted by Crippen LogP contribution is -1.88. The summed E-state index contributed by atoms with van der Waals surface area (Å²) in [6, 6.07) is 0. The Morgan fingerprint density at radius 3 is 1.56 bits per heavy atom. The van der Waals surface area contributed by atoms with Crippen LogP contribution in [0.4, 0.5) is 0 Å². The van der Waals surface area contributed by atoms with Crippen LogP contribution in [0.25, 0.3) is 0 Å². The van der Waals surface area contributed by atoms with E-state index in [0.29, 0.717) is 0 Å². The molecule has 1 aliphatic rings. The van der Waals surface area contributed by atoms with Crippen LogP contribution in [-0.2, 0) is 0 Å². The van der Waals surface area contributed by atoms with E-state index in [9.17, 15) is 20.2 Å². The SMILES string of the molecule is O=[N+]([O-])C1=C([N+](=O)[O-])C1. The van der Waals surface area contributed by atoms with Crippen molar-refractivity contribution < 1.29 is 9.85 Å². The average molecular weight is 130 g/mol. The molecule has 1 aliphatic carbocycles. The molecule has 0 atom stereocenters. The van der Waals surface area contributed by atoms with Crippen molar-refractivity contribution in [1.29, 1.82) is 0 Å². The van der Waals surface area contributed by atoms with E-state index in [0.717, 1.165) is 0 Å². The largest absolute Gasteiger partial charge is 0.329 e. The summed E-state index contributed by atoms with van der Waals surface area (Å²) in [6.45, 7) is 0. The molecule has 0 bridgehead atoms. The number of nitro groups is 2. The molecule has 0 heterocycles. The Balaban J connectivity index is 2.71. The third kappa shape index (κ3) is 0.857. The monoisotopic (exact) mass is 130 g/mol. The minimum atomic E-state index is -0.724. The van der Waals surface area contributed by atoms with Gasteiger partial charge in [-0.15, -0.1) is 0 Å². The van der Waals surface area contributed by atoms with Gasteiger partial charge in [-0.25, -0.2) is 0 Å². The van der Waals surface area contributed by atoms with Crippen molar-refractivity contribution in [2.45, 2.75) is 6.42 Å². The van der Waals surface area contributed by atoms with Crippen molar-refractivity contribution in [3.8, 4) is 0 Å². The highest BCUT2D eigenvalue weighted by Crippen LogP contribution is 2.30. The molecular weight excluding hydrogens is 128 g/mol. The minimum Gasteiger partial charge on any atom is -0.258 e. The van der Waals surface area contributed by atoms with Gasteiger partial charge in [0.05, 0.1) is 9.85 Å². The maximum absolute atomic E-state index is 9.72. The summed E-state index contributed by atoms with van der Waals surface area (Å²) < 4.78 is 0. The van der Waals surface area contributed by atoms with E-state index >= 15 is 0 Å². The molecule has 6 heteroatoms. The molecule has 0 fully saturated rings. The Labute approximate surface area is 49.1 Å². The van der Waals surface area contributed by atoms with Gasteiger partial charge in [0, 0.05) is 0 Å². The molecule has 9 heavy (non-hydrogen) atoms. The molecular formula is C3H2N2O4. The molecule has 0 saturated heterocycles. The Kier molecular flexibility index (Phi) is 0.950. The van der Waals surface area contributed by atoms with Gasteiger partial charge in [0.25, 0.3) is 0 Å². The Bertz CT molecular complexity index is 196. The van der Waals surface area contributed by atoms with Gasteiger partial charge < -0.3 is 0 Å². The van der Waals surface area contributed by atoms with E-state index in [4.69, 9.17) is 0 Å². The molecule has 0 aromatic rings. The summed E-state index contributed by atoms with van der Waals surface area (Å²) in [5.74, 6) is 0. The zero-order chi connectivity index (χ0) is 7.02. The molecule has 1 rings (SSSR count). The second-order valence-corrected chi connectivity index (χ2v) is 1.58. The molecule has 0 aromatic heterocycles. The van der Waals surface area contributed by atoms with Gasteiger partial charge in [-0.05, 0) is 0 Å². The zero-order valence-electron chi connectivity index (χ0n) is 4.23. The van der Waals surface area contributed by atoms with Crippen LogP contribution in [0.1, 0.15) is 6.42 Å². The predicted molar refractivity (Wildman–Crippen MR) is 25.6 cm³/mol. The summed E-state index contributed by atoms with van der Waals surface area (Å²) in [4.78, 5) is 18.0. The molecule has 0 saturated carbocycles. The lowest BCUT2D eigenvalue weighted by atomic mass is 10.8. The van der Waals surface area contributed by atoms with E-state index < -0.39 is 9.85 Å². The first-order valence-electron chi connectivity index (χ1n) is 2.13. The van der Waals surface area contributed by atoms with Crippen LogP contribution in [-0.4, -0.2) is 9.85 Å². The van der Waals surface area contributed by atoms with Crippen LogP contribution >= 0.6 is 0 Å². The summed E-state index contributed by atoms with van der Waals surface area (Å²) in [5.41, 5.74) is -0.528. The summed E-state index contributed by atoms with van der Waals surface area (Å²) in [5, 5.41) is 19.4. The van der Waals surface area contributed by atoms with Gasteiger partial charge in [0.1, 0.15) is 6.42 Å². The smallest absolute Gasteiger partial charge is 0.258 e. The van der Waals surface area contributed by atoms with E-state index in [-0.39, 0.29) is 17.8 Å². The van der Waals surface area contributed by atoms with Crippen molar-refractivity contribution in [2.24, 2.45) is 0 Å². The maximum atomic E-state index is 9.72. The van der Waals surface area contributed by atoms with E-state index in [1.54, 1.807) is 0 Å². The number of allylic oxidation sites excluding steroid dienone is 2. The molecule has 48 valence electrons. The summed E-state index contributed by atoms with van der Waals surface area (Å²) >= 11 is 0.